The minimum Gasteiger partial charge on any atom is -0.490 e. The van der Waals surface area contributed by atoms with Gasteiger partial charge in [-0.15, -0.1) is 6.42 Å². The maximum Gasteiger partial charge on any atom is 0.185 e. The van der Waals surface area contributed by atoms with Gasteiger partial charge in [0.2, 0.25) is 0 Å². The van der Waals surface area contributed by atoms with Crippen molar-refractivity contribution in [2.75, 3.05) is 6.61 Å². The van der Waals surface area contributed by atoms with Crippen LogP contribution < -0.4 is 4.74 Å². The molecule has 1 rings (SSSR count). The SMILES string of the molecule is C#CC(COc1ccc(F)cc1)O[Si](C)(C)C. The van der Waals surface area contributed by atoms with Crippen molar-refractivity contribution < 1.29 is 13.6 Å². The van der Waals surface area contributed by atoms with Crippen LogP contribution in [-0.4, -0.2) is 21.0 Å². The lowest BCUT2D eigenvalue weighted by atomic mass is 10.3. The zero-order valence-corrected chi connectivity index (χ0v) is 11.4. The average Bonchev–Trinajstić information content (AvgIpc) is 2.25. The average molecular weight is 252 g/mol. The Morgan fingerprint density at radius 1 is 1.29 bits per heavy atom. The molecular weight excluding hydrogens is 235 g/mol. The molecule has 0 amide bonds. The van der Waals surface area contributed by atoms with Gasteiger partial charge in [-0.1, -0.05) is 5.92 Å². The summed E-state index contributed by atoms with van der Waals surface area (Å²) >= 11 is 0. The van der Waals surface area contributed by atoms with Gasteiger partial charge in [0, 0.05) is 0 Å². The van der Waals surface area contributed by atoms with E-state index in [0.717, 1.165) is 0 Å². The van der Waals surface area contributed by atoms with Crippen LogP contribution in [0.15, 0.2) is 24.3 Å². The smallest absolute Gasteiger partial charge is 0.185 e. The first-order chi connectivity index (χ1) is 7.90. The number of benzene rings is 1. The molecule has 0 fully saturated rings. The Bertz CT molecular complexity index is 389. The van der Waals surface area contributed by atoms with Crippen molar-refractivity contribution in [3.8, 4) is 18.1 Å². The minimum absolute atomic E-state index is 0.284. The van der Waals surface area contributed by atoms with E-state index in [9.17, 15) is 4.39 Å². The second-order valence-electron chi connectivity index (χ2n) is 4.65. The van der Waals surface area contributed by atoms with Crippen molar-refractivity contribution in [2.24, 2.45) is 0 Å². The Morgan fingerprint density at radius 3 is 2.35 bits per heavy atom. The fourth-order valence-corrected chi connectivity index (χ4v) is 2.24. The first kappa shape index (κ1) is 13.8. The first-order valence-electron chi connectivity index (χ1n) is 5.43. The summed E-state index contributed by atoms with van der Waals surface area (Å²) < 4.78 is 23.9. The van der Waals surface area contributed by atoms with Gasteiger partial charge >= 0.3 is 0 Å². The van der Waals surface area contributed by atoms with Gasteiger partial charge in [0.25, 0.3) is 0 Å². The molecule has 0 saturated heterocycles. The predicted molar refractivity (Wildman–Crippen MR) is 68.9 cm³/mol. The third-order valence-corrected chi connectivity index (χ3v) is 2.89. The van der Waals surface area contributed by atoms with Crippen LogP contribution in [0.5, 0.6) is 5.75 Å². The molecule has 0 aliphatic rings. The predicted octanol–water partition coefficient (Wildman–Crippen LogP) is 3.06. The Hall–Kier alpha value is -1.31. The van der Waals surface area contributed by atoms with Gasteiger partial charge in [-0.2, -0.15) is 0 Å². The standard InChI is InChI=1S/C13H17FO2Si/c1-5-12(16-17(2,3)4)10-15-13-8-6-11(14)7-9-13/h1,6-9,12H,10H2,2-4H3. The van der Waals surface area contributed by atoms with E-state index in [4.69, 9.17) is 15.6 Å². The lowest BCUT2D eigenvalue weighted by Crippen LogP contribution is -2.34. The summed E-state index contributed by atoms with van der Waals surface area (Å²) in [6.45, 7) is 6.48. The van der Waals surface area contributed by atoms with E-state index in [0.29, 0.717) is 5.75 Å². The topological polar surface area (TPSA) is 18.5 Å². The van der Waals surface area contributed by atoms with E-state index in [2.05, 4.69) is 25.6 Å². The molecule has 4 heteroatoms. The molecular formula is C13H17FO2Si. The van der Waals surface area contributed by atoms with Crippen molar-refractivity contribution >= 4 is 8.32 Å². The lowest BCUT2D eigenvalue weighted by Gasteiger charge is -2.22. The van der Waals surface area contributed by atoms with E-state index in [1.807, 2.05) is 0 Å². The highest BCUT2D eigenvalue weighted by atomic mass is 28.4. The molecule has 92 valence electrons. The number of terminal acetylenes is 1. The molecule has 0 saturated carbocycles. The molecule has 0 aromatic heterocycles. The van der Waals surface area contributed by atoms with E-state index in [-0.39, 0.29) is 18.5 Å². The largest absolute Gasteiger partial charge is 0.490 e. The van der Waals surface area contributed by atoms with Crippen LogP contribution in [0.3, 0.4) is 0 Å². The van der Waals surface area contributed by atoms with Crippen LogP contribution in [0.4, 0.5) is 4.39 Å². The molecule has 0 spiro atoms. The van der Waals surface area contributed by atoms with Crippen molar-refractivity contribution in [3.63, 3.8) is 0 Å². The Morgan fingerprint density at radius 2 is 1.88 bits per heavy atom. The molecule has 1 unspecified atom stereocenters. The van der Waals surface area contributed by atoms with Gasteiger partial charge in [-0.3, -0.25) is 0 Å². The van der Waals surface area contributed by atoms with E-state index in [1.54, 1.807) is 12.1 Å². The molecule has 1 aromatic rings. The molecule has 1 atom stereocenters. The summed E-state index contributed by atoms with van der Waals surface area (Å²) in [6.07, 6.45) is 5.02. The number of ether oxygens (including phenoxy) is 1. The monoisotopic (exact) mass is 252 g/mol. The summed E-state index contributed by atoms with van der Waals surface area (Å²) in [4.78, 5) is 0. The number of rotatable bonds is 5. The molecule has 0 radical (unpaired) electrons. The molecule has 0 aliphatic carbocycles. The summed E-state index contributed by atoms with van der Waals surface area (Å²) in [7, 11) is -1.67. The van der Waals surface area contributed by atoms with E-state index < -0.39 is 8.32 Å². The fraction of sp³-hybridized carbons (Fsp3) is 0.385. The van der Waals surface area contributed by atoms with Gasteiger partial charge in [-0.25, -0.2) is 4.39 Å². The van der Waals surface area contributed by atoms with Crippen LogP contribution >= 0.6 is 0 Å². The van der Waals surface area contributed by atoms with Crippen LogP contribution in [0, 0.1) is 18.2 Å². The molecule has 0 aliphatic heterocycles. The quantitative estimate of drug-likeness (QED) is 0.592. The Kier molecular flexibility index (Phi) is 4.73. The maximum absolute atomic E-state index is 12.7. The van der Waals surface area contributed by atoms with E-state index in [1.165, 1.54) is 12.1 Å². The van der Waals surface area contributed by atoms with Crippen molar-refractivity contribution in [1.29, 1.82) is 0 Å². The number of hydrogen-bond acceptors (Lipinski definition) is 2. The molecule has 2 nitrogen and oxygen atoms in total. The number of hydrogen-bond donors (Lipinski definition) is 0. The third-order valence-electron chi connectivity index (χ3n) is 1.90. The highest BCUT2D eigenvalue weighted by Crippen LogP contribution is 2.13. The molecule has 0 heterocycles. The summed E-state index contributed by atoms with van der Waals surface area (Å²) in [5, 5.41) is 0. The van der Waals surface area contributed by atoms with Gasteiger partial charge in [0.15, 0.2) is 8.32 Å². The summed E-state index contributed by atoms with van der Waals surface area (Å²) in [6, 6.07) is 5.83. The normalized spacial score (nSPS) is 12.9. The van der Waals surface area contributed by atoms with Crippen LogP contribution in [0.2, 0.25) is 19.6 Å². The Labute approximate surface area is 103 Å². The van der Waals surface area contributed by atoms with Gasteiger partial charge < -0.3 is 9.16 Å². The van der Waals surface area contributed by atoms with Crippen molar-refractivity contribution in [2.45, 2.75) is 25.7 Å². The van der Waals surface area contributed by atoms with Gasteiger partial charge in [-0.05, 0) is 43.9 Å². The highest BCUT2D eigenvalue weighted by molar-refractivity contribution is 6.69. The first-order valence-corrected chi connectivity index (χ1v) is 8.84. The summed E-state index contributed by atoms with van der Waals surface area (Å²) in [5.74, 6) is 2.85. The zero-order chi connectivity index (χ0) is 12.9. The molecule has 0 bridgehead atoms. The van der Waals surface area contributed by atoms with E-state index >= 15 is 0 Å². The molecule has 17 heavy (non-hydrogen) atoms. The van der Waals surface area contributed by atoms with Crippen molar-refractivity contribution in [1.82, 2.24) is 0 Å². The van der Waals surface area contributed by atoms with Crippen LogP contribution in [-0.2, 0) is 4.43 Å². The van der Waals surface area contributed by atoms with Crippen molar-refractivity contribution in [3.05, 3.63) is 30.1 Å². The van der Waals surface area contributed by atoms with Gasteiger partial charge in [0.05, 0.1) is 0 Å². The van der Waals surface area contributed by atoms with Gasteiger partial charge in [0.1, 0.15) is 24.3 Å². The fourth-order valence-electron chi connectivity index (χ4n) is 1.25. The highest BCUT2D eigenvalue weighted by Gasteiger charge is 2.20. The number of halogens is 1. The Balaban J connectivity index is 2.49. The second-order valence-corrected chi connectivity index (χ2v) is 9.11. The lowest BCUT2D eigenvalue weighted by molar-refractivity contribution is 0.165. The molecule has 0 N–H and O–H groups in total. The maximum atomic E-state index is 12.7. The third kappa shape index (κ3) is 5.52. The van der Waals surface area contributed by atoms with Crippen LogP contribution in [0.1, 0.15) is 0 Å². The zero-order valence-electron chi connectivity index (χ0n) is 10.4. The minimum atomic E-state index is -1.67. The summed E-state index contributed by atoms with van der Waals surface area (Å²) in [5.41, 5.74) is 0. The second kappa shape index (κ2) is 5.85. The molecule has 1 aromatic carbocycles. The van der Waals surface area contributed by atoms with Crippen LogP contribution in [0.25, 0.3) is 0 Å².